The maximum absolute atomic E-state index is 13.2. The molecule has 2 aromatic carbocycles. The molecule has 0 saturated carbocycles. The Kier molecular flexibility index (Phi) is 5.15. The summed E-state index contributed by atoms with van der Waals surface area (Å²) in [5.41, 5.74) is 3.40. The highest BCUT2D eigenvalue weighted by molar-refractivity contribution is 5.78. The molecule has 0 aliphatic rings. The van der Waals surface area contributed by atoms with Crippen molar-refractivity contribution in [2.75, 3.05) is 7.11 Å². The minimum Gasteiger partial charge on any atom is -0.496 e. The smallest absolute Gasteiger partial charge is 0.224 e. The molecule has 4 heteroatoms. The van der Waals surface area contributed by atoms with Crippen molar-refractivity contribution in [1.82, 2.24) is 5.32 Å². The van der Waals surface area contributed by atoms with Crippen LogP contribution in [0.15, 0.2) is 36.4 Å². The molecule has 2 rings (SSSR count). The lowest BCUT2D eigenvalue weighted by Gasteiger charge is -2.09. The summed E-state index contributed by atoms with van der Waals surface area (Å²) in [7, 11) is 1.61. The third-order valence-corrected chi connectivity index (χ3v) is 3.55. The summed E-state index contributed by atoms with van der Waals surface area (Å²) < 4.78 is 18.4. The van der Waals surface area contributed by atoms with Crippen LogP contribution < -0.4 is 10.1 Å². The van der Waals surface area contributed by atoms with Gasteiger partial charge in [-0.15, -0.1) is 0 Å². The zero-order valence-electron chi connectivity index (χ0n) is 13.1. The minimum absolute atomic E-state index is 0.0760. The topological polar surface area (TPSA) is 38.3 Å². The Morgan fingerprint density at radius 1 is 1.09 bits per heavy atom. The molecule has 0 atom stereocenters. The molecule has 0 unspecified atom stereocenters. The number of aryl methyl sites for hydroxylation is 2. The number of benzene rings is 2. The average Bonchev–Trinajstić information content (AvgIpc) is 2.50. The molecule has 22 heavy (non-hydrogen) atoms. The van der Waals surface area contributed by atoms with E-state index in [0.29, 0.717) is 12.1 Å². The molecule has 0 aliphatic carbocycles. The number of hydrogen-bond acceptors (Lipinski definition) is 2. The number of halogens is 1. The van der Waals surface area contributed by atoms with Gasteiger partial charge in [-0.05, 0) is 48.2 Å². The van der Waals surface area contributed by atoms with Crippen LogP contribution in [0.4, 0.5) is 4.39 Å². The van der Waals surface area contributed by atoms with Crippen molar-refractivity contribution in [3.05, 3.63) is 64.5 Å². The van der Waals surface area contributed by atoms with E-state index in [9.17, 15) is 9.18 Å². The summed E-state index contributed by atoms with van der Waals surface area (Å²) in [5, 5.41) is 2.84. The van der Waals surface area contributed by atoms with E-state index < -0.39 is 0 Å². The number of rotatable bonds is 5. The summed E-state index contributed by atoms with van der Waals surface area (Å²) in [6.45, 7) is 4.06. The van der Waals surface area contributed by atoms with Gasteiger partial charge in [0.1, 0.15) is 11.6 Å². The second kappa shape index (κ2) is 7.07. The molecule has 0 aliphatic heterocycles. The number of methoxy groups -OCH3 is 1. The predicted molar refractivity (Wildman–Crippen MR) is 84.4 cm³/mol. The predicted octanol–water partition coefficient (Wildman–Crippen LogP) is 3.31. The Labute approximate surface area is 130 Å². The van der Waals surface area contributed by atoms with Gasteiger partial charge in [0.15, 0.2) is 0 Å². The van der Waals surface area contributed by atoms with Crippen molar-refractivity contribution in [3.63, 3.8) is 0 Å². The lowest BCUT2D eigenvalue weighted by Crippen LogP contribution is -2.24. The van der Waals surface area contributed by atoms with E-state index in [0.717, 1.165) is 22.4 Å². The van der Waals surface area contributed by atoms with E-state index in [1.54, 1.807) is 26.2 Å². The zero-order chi connectivity index (χ0) is 16.1. The summed E-state index contributed by atoms with van der Waals surface area (Å²) in [5.74, 6) is 0.467. The average molecular weight is 301 g/mol. The van der Waals surface area contributed by atoms with Gasteiger partial charge < -0.3 is 10.1 Å². The second-order valence-electron chi connectivity index (χ2n) is 5.34. The fraction of sp³-hybridized carbons (Fsp3) is 0.278. The number of carbonyl (C=O) groups excluding carboxylic acids is 1. The summed E-state index contributed by atoms with van der Waals surface area (Å²) in [4.78, 5) is 12.0. The van der Waals surface area contributed by atoms with Crippen molar-refractivity contribution in [1.29, 1.82) is 0 Å². The van der Waals surface area contributed by atoms with Crippen molar-refractivity contribution in [2.45, 2.75) is 26.8 Å². The summed E-state index contributed by atoms with van der Waals surface area (Å²) >= 11 is 0. The summed E-state index contributed by atoms with van der Waals surface area (Å²) in [6.07, 6.45) is 0.289. The van der Waals surface area contributed by atoms with E-state index in [1.165, 1.54) is 6.07 Å². The molecule has 0 heterocycles. The van der Waals surface area contributed by atoms with Crippen LogP contribution in [0.3, 0.4) is 0 Å². The van der Waals surface area contributed by atoms with Crippen molar-refractivity contribution < 1.29 is 13.9 Å². The molecule has 0 aromatic heterocycles. The van der Waals surface area contributed by atoms with E-state index in [2.05, 4.69) is 5.32 Å². The van der Waals surface area contributed by atoms with Crippen molar-refractivity contribution >= 4 is 5.91 Å². The molecule has 1 amide bonds. The van der Waals surface area contributed by atoms with Crippen molar-refractivity contribution in [3.8, 4) is 5.75 Å². The van der Waals surface area contributed by atoms with Gasteiger partial charge in [-0.25, -0.2) is 4.39 Å². The Morgan fingerprint density at radius 3 is 2.50 bits per heavy atom. The van der Waals surface area contributed by atoms with Gasteiger partial charge in [-0.3, -0.25) is 4.79 Å². The van der Waals surface area contributed by atoms with Crippen LogP contribution in [0.2, 0.25) is 0 Å². The molecule has 0 bridgehead atoms. The highest BCUT2D eigenvalue weighted by Gasteiger charge is 2.07. The first-order valence-corrected chi connectivity index (χ1v) is 7.15. The lowest BCUT2D eigenvalue weighted by atomic mass is 10.1. The number of hydrogen-bond donors (Lipinski definition) is 1. The van der Waals surface area contributed by atoms with Gasteiger partial charge in [0, 0.05) is 6.54 Å². The number of amides is 1. The van der Waals surface area contributed by atoms with Crippen LogP contribution in [-0.2, 0) is 17.8 Å². The van der Waals surface area contributed by atoms with Crippen LogP contribution in [-0.4, -0.2) is 13.0 Å². The van der Waals surface area contributed by atoms with E-state index in [1.807, 2.05) is 25.1 Å². The third kappa shape index (κ3) is 4.07. The third-order valence-electron chi connectivity index (χ3n) is 3.55. The molecule has 3 nitrogen and oxygen atoms in total. The van der Waals surface area contributed by atoms with Gasteiger partial charge in [-0.2, -0.15) is 0 Å². The highest BCUT2D eigenvalue weighted by Crippen LogP contribution is 2.19. The van der Waals surface area contributed by atoms with Gasteiger partial charge >= 0.3 is 0 Å². The van der Waals surface area contributed by atoms with E-state index in [-0.39, 0.29) is 18.1 Å². The second-order valence-corrected chi connectivity index (χ2v) is 5.34. The molecular formula is C18H20FNO2. The molecular weight excluding hydrogens is 281 g/mol. The SMILES string of the molecule is COc1cc(CC(=O)NCc2ccc(F)c(C)c2)ccc1C. The zero-order valence-corrected chi connectivity index (χ0v) is 13.1. The first-order valence-electron chi connectivity index (χ1n) is 7.15. The number of nitrogens with one attached hydrogen (secondary N) is 1. The fourth-order valence-corrected chi connectivity index (χ4v) is 2.24. The first kappa shape index (κ1) is 16.0. The van der Waals surface area contributed by atoms with Crippen molar-refractivity contribution in [2.24, 2.45) is 0 Å². The van der Waals surface area contributed by atoms with Crippen LogP contribution in [0.25, 0.3) is 0 Å². The maximum atomic E-state index is 13.2. The standard InChI is InChI=1S/C18H20FNO2/c1-12-4-5-14(9-17(12)22-3)10-18(21)20-11-15-6-7-16(19)13(2)8-15/h4-9H,10-11H2,1-3H3,(H,20,21). The van der Waals surface area contributed by atoms with Crippen LogP contribution >= 0.6 is 0 Å². The van der Waals surface area contributed by atoms with Crippen LogP contribution in [0, 0.1) is 19.7 Å². The molecule has 0 saturated heterocycles. The van der Waals surface area contributed by atoms with Gasteiger partial charge in [-0.1, -0.05) is 24.3 Å². The Morgan fingerprint density at radius 2 is 1.82 bits per heavy atom. The largest absolute Gasteiger partial charge is 0.496 e. The van der Waals surface area contributed by atoms with Gasteiger partial charge in [0.2, 0.25) is 5.91 Å². The monoisotopic (exact) mass is 301 g/mol. The number of ether oxygens (including phenoxy) is 1. The minimum atomic E-state index is -0.234. The quantitative estimate of drug-likeness (QED) is 0.920. The molecule has 1 N–H and O–H groups in total. The number of carbonyl (C=O) groups is 1. The summed E-state index contributed by atoms with van der Waals surface area (Å²) in [6, 6.07) is 10.6. The molecule has 0 radical (unpaired) electrons. The lowest BCUT2D eigenvalue weighted by molar-refractivity contribution is -0.120. The van der Waals surface area contributed by atoms with E-state index in [4.69, 9.17) is 4.74 Å². The maximum Gasteiger partial charge on any atom is 0.224 e. The Hall–Kier alpha value is -2.36. The highest BCUT2D eigenvalue weighted by atomic mass is 19.1. The van der Waals surface area contributed by atoms with Crippen LogP contribution in [0.1, 0.15) is 22.3 Å². The first-order chi connectivity index (χ1) is 10.5. The fourth-order valence-electron chi connectivity index (χ4n) is 2.24. The molecule has 2 aromatic rings. The Bertz CT molecular complexity index is 683. The molecule has 116 valence electrons. The normalized spacial score (nSPS) is 10.4. The Balaban J connectivity index is 1.94. The van der Waals surface area contributed by atoms with Gasteiger partial charge in [0.25, 0.3) is 0 Å². The van der Waals surface area contributed by atoms with E-state index >= 15 is 0 Å². The molecule has 0 spiro atoms. The van der Waals surface area contributed by atoms with Crippen LogP contribution in [0.5, 0.6) is 5.75 Å². The van der Waals surface area contributed by atoms with Gasteiger partial charge in [0.05, 0.1) is 13.5 Å². The molecule has 0 fully saturated rings.